The number of hydrogen-bond acceptors (Lipinski definition) is 6. The number of aromatic nitrogens is 3. The Morgan fingerprint density at radius 3 is 2.57 bits per heavy atom. The summed E-state index contributed by atoms with van der Waals surface area (Å²) in [4.78, 5) is 22.7. The van der Waals surface area contributed by atoms with Gasteiger partial charge < -0.3 is 15.0 Å². The summed E-state index contributed by atoms with van der Waals surface area (Å²) in [6.07, 6.45) is 5.46. The number of benzene rings is 1. The third-order valence-corrected chi connectivity index (χ3v) is 6.99. The zero-order valence-corrected chi connectivity index (χ0v) is 19.9. The quantitative estimate of drug-likeness (QED) is 0.429. The number of nitrogens with two attached hydrogens (primary N) is 1. The van der Waals surface area contributed by atoms with Crippen LogP contribution in [0.25, 0.3) is 22.2 Å². The zero-order valence-electron chi connectivity index (χ0n) is 19.9. The maximum absolute atomic E-state index is 14.0. The van der Waals surface area contributed by atoms with E-state index in [0.717, 1.165) is 54.8 Å². The molecule has 4 heterocycles. The lowest BCUT2D eigenvalue weighted by molar-refractivity contribution is 0.0600. The highest BCUT2D eigenvalue weighted by Gasteiger charge is 2.22. The van der Waals surface area contributed by atoms with Crippen LogP contribution in [0.2, 0.25) is 0 Å². The number of methoxy groups -OCH3 is 1. The number of likely N-dealkylation sites (tertiary alicyclic amines) is 1. The molecule has 0 saturated carbocycles. The van der Waals surface area contributed by atoms with Gasteiger partial charge in [0.15, 0.2) is 11.6 Å². The molecular formula is C27H28FN5O2. The van der Waals surface area contributed by atoms with Crippen LogP contribution < -0.4 is 5.73 Å². The third-order valence-electron chi connectivity index (χ3n) is 6.99. The normalized spacial score (nSPS) is 14.9. The molecule has 1 fully saturated rings. The number of nitrogens with zero attached hydrogens (tertiary/aromatic N) is 4. The predicted octanol–water partition coefficient (Wildman–Crippen LogP) is 4.52. The van der Waals surface area contributed by atoms with Gasteiger partial charge in [-0.3, -0.25) is 4.90 Å². The Balaban J connectivity index is 1.30. The number of anilines is 1. The summed E-state index contributed by atoms with van der Waals surface area (Å²) in [5.41, 5.74) is 11.0. The van der Waals surface area contributed by atoms with Crippen LogP contribution in [0, 0.1) is 5.82 Å². The number of esters is 1. The van der Waals surface area contributed by atoms with Crippen LogP contribution in [-0.4, -0.2) is 45.6 Å². The van der Waals surface area contributed by atoms with Crippen molar-refractivity contribution in [3.63, 3.8) is 0 Å². The molecule has 35 heavy (non-hydrogen) atoms. The second-order valence-corrected chi connectivity index (χ2v) is 9.05. The summed E-state index contributed by atoms with van der Waals surface area (Å²) in [5, 5.41) is 0.969. The van der Waals surface area contributed by atoms with Gasteiger partial charge in [-0.2, -0.15) is 0 Å². The number of halogens is 1. The van der Waals surface area contributed by atoms with Crippen LogP contribution in [-0.2, 0) is 18.3 Å². The minimum Gasteiger partial charge on any atom is -0.465 e. The molecule has 0 bridgehead atoms. The molecule has 2 N–H and O–H groups in total. The van der Waals surface area contributed by atoms with E-state index < -0.39 is 5.82 Å². The number of carbonyl (C=O) groups excluding carboxylic acids is 1. The SMILES string of the molecule is COC(=O)c1ccc(C2CCN(Cc3cc4c(-c5cnc(N)c(F)c5)ccnc4n3C)CC2)cc1. The molecule has 8 heteroatoms. The largest absolute Gasteiger partial charge is 0.465 e. The molecular weight excluding hydrogens is 445 g/mol. The summed E-state index contributed by atoms with van der Waals surface area (Å²) in [6, 6.07) is 13.2. The molecule has 1 aliphatic heterocycles. The molecule has 0 unspecified atom stereocenters. The monoisotopic (exact) mass is 473 g/mol. The van der Waals surface area contributed by atoms with Crippen LogP contribution in [0.15, 0.2) is 54.9 Å². The topological polar surface area (TPSA) is 86.3 Å². The van der Waals surface area contributed by atoms with Crippen molar-refractivity contribution in [2.45, 2.75) is 25.3 Å². The minimum atomic E-state index is -0.522. The third kappa shape index (κ3) is 4.49. The van der Waals surface area contributed by atoms with Crippen LogP contribution in [0.3, 0.4) is 0 Å². The van der Waals surface area contributed by atoms with E-state index in [1.807, 2.05) is 37.4 Å². The summed E-state index contributed by atoms with van der Waals surface area (Å²) in [6.45, 7) is 2.78. The number of carbonyl (C=O) groups is 1. The van der Waals surface area contributed by atoms with E-state index in [2.05, 4.69) is 25.5 Å². The maximum Gasteiger partial charge on any atom is 0.337 e. The van der Waals surface area contributed by atoms with Gasteiger partial charge in [-0.1, -0.05) is 12.1 Å². The van der Waals surface area contributed by atoms with Crippen LogP contribution in [0.1, 0.15) is 40.4 Å². The molecule has 0 atom stereocenters. The second kappa shape index (κ2) is 9.46. The number of nitrogen functional groups attached to an aromatic ring is 1. The number of rotatable bonds is 5. The number of piperidine rings is 1. The second-order valence-electron chi connectivity index (χ2n) is 9.05. The molecule has 1 aliphatic rings. The first-order valence-corrected chi connectivity index (χ1v) is 11.7. The molecule has 1 aromatic carbocycles. The lowest BCUT2D eigenvalue weighted by Crippen LogP contribution is -2.33. The number of ether oxygens (including phenoxy) is 1. The van der Waals surface area contributed by atoms with Crippen molar-refractivity contribution < 1.29 is 13.9 Å². The van der Waals surface area contributed by atoms with Crippen molar-refractivity contribution in [1.29, 1.82) is 0 Å². The van der Waals surface area contributed by atoms with E-state index in [4.69, 9.17) is 10.5 Å². The van der Waals surface area contributed by atoms with E-state index in [0.29, 0.717) is 17.0 Å². The van der Waals surface area contributed by atoms with E-state index in [1.165, 1.54) is 18.7 Å². The van der Waals surface area contributed by atoms with Gasteiger partial charge in [0.05, 0.1) is 12.7 Å². The number of hydrogen-bond donors (Lipinski definition) is 1. The Morgan fingerprint density at radius 2 is 1.89 bits per heavy atom. The average Bonchev–Trinajstić information content (AvgIpc) is 3.21. The van der Waals surface area contributed by atoms with Crippen molar-refractivity contribution in [3.05, 3.63) is 77.5 Å². The van der Waals surface area contributed by atoms with Gasteiger partial charge in [-0.25, -0.2) is 19.2 Å². The predicted molar refractivity (Wildman–Crippen MR) is 133 cm³/mol. The van der Waals surface area contributed by atoms with Crippen LogP contribution >= 0.6 is 0 Å². The van der Waals surface area contributed by atoms with Gasteiger partial charge in [-0.15, -0.1) is 0 Å². The number of aryl methyl sites for hydroxylation is 1. The van der Waals surface area contributed by atoms with Gasteiger partial charge in [0.25, 0.3) is 0 Å². The van der Waals surface area contributed by atoms with Crippen LogP contribution in [0.5, 0.6) is 0 Å². The summed E-state index contributed by atoms with van der Waals surface area (Å²) >= 11 is 0. The fourth-order valence-electron chi connectivity index (χ4n) is 4.93. The Bertz CT molecular complexity index is 1370. The van der Waals surface area contributed by atoms with E-state index in [-0.39, 0.29) is 11.8 Å². The lowest BCUT2D eigenvalue weighted by Gasteiger charge is -2.32. The molecule has 7 nitrogen and oxygen atoms in total. The molecule has 180 valence electrons. The molecule has 0 amide bonds. The fourth-order valence-corrected chi connectivity index (χ4v) is 4.93. The van der Waals surface area contributed by atoms with Crippen molar-refractivity contribution in [2.24, 2.45) is 7.05 Å². The lowest BCUT2D eigenvalue weighted by atomic mass is 9.89. The average molecular weight is 474 g/mol. The standard InChI is InChI=1S/C27H28FN5O2/c1-32-21(14-23-22(7-10-30-26(23)32)20-13-24(28)25(29)31-15-20)16-33-11-8-18(9-12-33)17-3-5-19(6-4-17)27(34)35-2/h3-7,10,13-15,18H,8-9,11-12,16H2,1-2H3,(H2,29,31). The zero-order chi connectivity index (χ0) is 24.5. The highest BCUT2D eigenvalue weighted by atomic mass is 19.1. The van der Waals surface area contributed by atoms with Crippen molar-refractivity contribution >= 4 is 22.8 Å². The smallest absolute Gasteiger partial charge is 0.337 e. The van der Waals surface area contributed by atoms with Crippen molar-refractivity contribution in [2.75, 3.05) is 25.9 Å². The van der Waals surface area contributed by atoms with Gasteiger partial charge in [-0.05, 0) is 73.3 Å². The first-order valence-electron chi connectivity index (χ1n) is 11.7. The molecule has 3 aromatic heterocycles. The van der Waals surface area contributed by atoms with Gasteiger partial charge in [0.2, 0.25) is 0 Å². The highest BCUT2D eigenvalue weighted by Crippen LogP contribution is 2.32. The maximum atomic E-state index is 14.0. The fraction of sp³-hybridized carbons (Fsp3) is 0.296. The van der Waals surface area contributed by atoms with Gasteiger partial charge in [0.1, 0.15) is 5.65 Å². The van der Waals surface area contributed by atoms with E-state index in [9.17, 15) is 9.18 Å². The van der Waals surface area contributed by atoms with E-state index in [1.54, 1.807) is 12.4 Å². The molecule has 4 aromatic rings. The molecule has 0 aliphatic carbocycles. The number of pyridine rings is 2. The molecule has 5 rings (SSSR count). The Kier molecular flexibility index (Phi) is 6.21. The molecule has 0 radical (unpaired) electrons. The van der Waals surface area contributed by atoms with Gasteiger partial charge >= 0.3 is 5.97 Å². The summed E-state index contributed by atoms with van der Waals surface area (Å²) in [5.74, 6) is -0.453. The van der Waals surface area contributed by atoms with Crippen molar-refractivity contribution in [1.82, 2.24) is 19.4 Å². The molecule has 1 saturated heterocycles. The first kappa shape index (κ1) is 23.0. The summed E-state index contributed by atoms with van der Waals surface area (Å²) < 4.78 is 20.9. The number of fused-ring (bicyclic) bond motifs is 1. The minimum absolute atomic E-state index is 0.101. The Labute approximate surface area is 203 Å². The Morgan fingerprint density at radius 1 is 1.14 bits per heavy atom. The highest BCUT2D eigenvalue weighted by molar-refractivity contribution is 5.94. The summed E-state index contributed by atoms with van der Waals surface area (Å²) in [7, 11) is 3.42. The van der Waals surface area contributed by atoms with Crippen LogP contribution in [0.4, 0.5) is 10.2 Å². The van der Waals surface area contributed by atoms with Crippen molar-refractivity contribution in [3.8, 4) is 11.1 Å². The first-order chi connectivity index (χ1) is 16.9. The van der Waals surface area contributed by atoms with E-state index >= 15 is 0 Å². The Hall–Kier alpha value is -3.78. The van der Waals surface area contributed by atoms with Gasteiger partial charge in [0, 0.05) is 42.6 Å². The molecule has 0 spiro atoms.